The summed E-state index contributed by atoms with van der Waals surface area (Å²) in [5.41, 5.74) is 0. The Labute approximate surface area is 111 Å². The Morgan fingerprint density at radius 2 is 2.44 bits per heavy atom. The molecule has 0 fully saturated rings. The molecule has 2 aromatic heterocycles. The van der Waals surface area contributed by atoms with Crippen LogP contribution in [0.3, 0.4) is 0 Å². The number of hydrogen-bond donors (Lipinski definition) is 1. The molecule has 0 radical (unpaired) electrons. The third-order valence-electron chi connectivity index (χ3n) is 3.43. The Balaban J connectivity index is 1.47. The van der Waals surface area contributed by atoms with Gasteiger partial charge in [-0.3, -0.25) is 0 Å². The standard InChI is InChI=1S/C13H18N4S/c1-10-16-8-12(18-10)7-14-6-11-2-3-13-15-4-5-17(13)9-11/h4-5,8,11,14H,2-3,6-7,9H2,1H3. The monoisotopic (exact) mass is 262 g/mol. The highest BCUT2D eigenvalue weighted by Crippen LogP contribution is 2.18. The van der Waals surface area contributed by atoms with E-state index in [0.29, 0.717) is 0 Å². The fraction of sp³-hybridized carbons (Fsp3) is 0.538. The molecule has 0 aliphatic carbocycles. The number of rotatable bonds is 4. The predicted molar refractivity (Wildman–Crippen MR) is 72.6 cm³/mol. The van der Waals surface area contributed by atoms with Crippen LogP contribution in [0.2, 0.25) is 0 Å². The molecular formula is C13H18N4S. The molecule has 18 heavy (non-hydrogen) atoms. The molecule has 96 valence electrons. The molecule has 1 aliphatic heterocycles. The number of fused-ring (bicyclic) bond motifs is 1. The van der Waals surface area contributed by atoms with Crippen LogP contribution < -0.4 is 5.32 Å². The van der Waals surface area contributed by atoms with Crippen LogP contribution in [0.15, 0.2) is 18.6 Å². The Bertz CT molecular complexity index is 517. The molecule has 2 aromatic rings. The SMILES string of the molecule is Cc1ncc(CNCC2CCc3nccn3C2)s1. The summed E-state index contributed by atoms with van der Waals surface area (Å²) in [6.45, 7) is 5.17. The quantitative estimate of drug-likeness (QED) is 0.916. The first-order chi connectivity index (χ1) is 8.81. The first-order valence-electron chi connectivity index (χ1n) is 6.43. The minimum absolute atomic E-state index is 0.723. The van der Waals surface area contributed by atoms with Crippen LogP contribution in [-0.2, 0) is 19.5 Å². The minimum atomic E-state index is 0.723. The number of imidazole rings is 1. The minimum Gasteiger partial charge on any atom is -0.335 e. The second kappa shape index (κ2) is 5.20. The first kappa shape index (κ1) is 11.9. The molecule has 5 heteroatoms. The van der Waals surface area contributed by atoms with Gasteiger partial charge in [0.15, 0.2) is 0 Å². The maximum atomic E-state index is 4.36. The number of thiazole rings is 1. The smallest absolute Gasteiger partial charge is 0.108 e. The predicted octanol–water partition coefficient (Wildman–Crippen LogP) is 2.00. The third kappa shape index (κ3) is 2.62. The lowest BCUT2D eigenvalue weighted by atomic mass is 9.99. The largest absolute Gasteiger partial charge is 0.335 e. The number of hydrogen-bond acceptors (Lipinski definition) is 4. The van der Waals surface area contributed by atoms with Crippen molar-refractivity contribution in [3.8, 4) is 0 Å². The van der Waals surface area contributed by atoms with Gasteiger partial charge in [-0.15, -0.1) is 11.3 Å². The van der Waals surface area contributed by atoms with E-state index in [0.717, 1.165) is 37.0 Å². The molecule has 1 aliphatic rings. The van der Waals surface area contributed by atoms with Gasteiger partial charge in [-0.2, -0.15) is 0 Å². The van der Waals surface area contributed by atoms with Crippen molar-refractivity contribution in [2.45, 2.75) is 32.9 Å². The second-order valence-corrected chi connectivity index (χ2v) is 6.20. The zero-order chi connectivity index (χ0) is 12.4. The summed E-state index contributed by atoms with van der Waals surface area (Å²) >= 11 is 1.78. The average molecular weight is 262 g/mol. The van der Waals surface area contributed by atoms with Crippen LogP contribution in [0.25, 0.3) is 0 Å². The zero-order valence-electron chi connectivity index (χ0n) is 10.6. The van der Waals surface area contributed by atoms with Crippen molar-refractivity contribution < 1.29 is 0 Å². The summed E-state index contributed by atoms with van der Waals surface area (Å²) in [7, 11) is 0. The number of aryl methyl sites for hydroxylation is 2. The maximum absolute atomic E-state index is 4.36. The molecule has 1 N–H and O–H groups in total. The maximum Gasteiger partial charge on any atom is 0.108 e. The van der Waals surface area contributed by atoms with Gasteiger partial charge in [0.1, 0.15) is 5.82 Å². The second-order valence-electron chi connectivity index (χ2n) is 4.88. The van der Waals surface area contributed by atoms with Crippen molar-refractivity contribution in [3.63, 3.8) is 0 Å². The Hall–Kier alpha value is -1.20. The summed E-state index contributed by atoms with van der Waals surface area (Å²) in [6, 6.07) is 0. The molecule has 0 aromatic carbocycles. The Morgan fingerprint density at radius 3 is 3.28 bits per heavy atom. The third-order valence-corrected chi connectivity index (χ3v) is 4.35. The van der Waals surface area contributed by atoms with Crippen LogP contribution in [0.1, 0.15) is 22.1 Å². The van der Waals surface area contributed by atoms with Crippen molar-refractivity contribution in [2.24, 2.45) is 5.92 Å². The van der Waals surface area contributed by atoms with Gasteiger partial charge >= 0.3 is 0 Å². The number of nitrogens with zero attached hydrogens (tertiary/aromatic N) is 3. The number of nitrogens with one attached hydrogen (secondary N) is 1. The molecule has 3 heterocycles. The van der Waals surface area contributed by atoms with Gasteiger partial charge in [-0.05, 0) is 19.3 Å². The van der Waals surface area contributed by atoms with E-state index in [1.807, 2.05) is 12.4 Å². The molecule has 3 rings (SSSR count). The van der Waals surface area contributed by atoms with E-state index in [9.17, 15) is 0 Å². The van der Waals surface area contributed by atoms with Crippen molar-refractivity contribution >= 4 is 11.3 Å². The van der Waals surface area contributed by atoms with Crippen molar-refractivity contribution in [1.29, 1.82) is 0 Å². The van der Waals surface area contributed by atoms with Gasteiger partial charge in [0.25, 0.3) is 0 Å². The molecule has 0 amide bonds. The van der Waals surface area contributed by atoms with E-state index in [4.69, 9.17) is 0 Å². The van der Waals surface area contributed by atoms with E-state index in [2.05, 4.69) is 33.0 Å². The van der Waals surface area contributed by atoms with E-state index in [1.165, 1.54) is 17.1 Å². The van der Waals surface area contributed by atoms with Crippen LogP contribution >= 0.6 is 11.3 Å². The van der Waals surface area contributed by atoms with E-state index >= 15 is 0 Å². The zero-order valence-corrected chi connectivity index (χ0v) is 11.4. The van der Waals surface area contributed by atoms with Crippen LogP contribution in [0, 0.1) is 12.8 Å². The lowest BCUT2D eigenvalue weighted by Gasteiger charge is -2.23. The van der Waals surface area contributed by atoms with Gasteiger partial charge in [-0.1, -0.05) is 0 Å². The molecule has 0 saturated heterocycles. The van der Waals surface area contributed by atoms with Crippen molar-refractivity contribution in [2.75, 3.05) is 6.54 Å². The first-order valence-corrected chi connectivity index (χ1v) is 7.25. The molecule has 4 nitrogen and oxygen atoms in total. The molecular weight excluding hydrogens is 244 g/mol. The summed E-state index contributed by atoms with van der Waals surface area (Å²) in [4.78, 5) is 9.95. The van der Waals surface area contributed by atoms with E-state index in [-0.39, 0.29) is 0 Å². The normalized spacial score (nSPS) is 18.8. The topological polar surface area (TPSA) is 42.7 Å². The van der Waals surface area contributed by atoms with Gasteiger partial charge < -0.3 is 9.88 Å². The van der Waals surface area contributed by atoms with Gasteiger partial charge in [-0.25, -0.2) is 9.97 Å². The summed E-state index contributed by atoms with van der Waals surface area (Å²) in [5.74, 6) is 1.96. The Morgan fingerprint density at radius 1 is 1.50 bits per heavy atom. The van der Waals surface area contributed by atoms with Gasteiger partial charge in [0.2, 0.25) is 0 Å². The highest BCUT2D eigenvalue weighted by atomic mass is 32.1. The molecule has 0 spiro atoms. The van der Waals surface area contributed by atoms with Crippen LogP contribution in [0.5, 0.6) is 0 Å². The molecule has 1 atom stereocenters. The number of aromatic nitrogens is 3. The molecule has 0 saturated carbocycles. The summed E-state index contributed by atoms with van der Waals surface area (Å²) in [6.07, 6.45) is 8.33. The van der Waals surface area contributed by atoms with E-state index in [1.54, 1.807) is 11.3 Å². The van der Waals surface area contributed by atoms with Crippen molar-refractivity contribution in [1.82, 2.24) is 19.9 Å². The lowest BCUT2D eigenvalue weighted by Crippen LogP contribution is -2.29. The average Bonchev–Trinajstić information content (AvgIpc) is 2.97. The lowest BCUT2D eigenvalue weighted by molar-refractivity contribution is 0.348. The summed E-state index contributed by atoms with van der Waals surface area (Å²) in [5, 5.41) is 4.69. The fourth-order valence-corrected chi connectivity index (χ4v) is 3.25. The van der Waals surface area contributed by atoms with Gasteiger partial charge in [0.05, 0.1) is 5.01 Å². The van der Waals surface area contributed by atoms with Crippen molar-refractivity contribution in [3.05, 3.63) is 34.3 Å². The van der Waals surface area contributed by atoms with Crippen LogP contribution in [0.4, 0.5) is 0 Å². The highest BCUT2D eigenvalue weighted by molar-refractivity contribution is 7.11. The van der Waals surface area contributed by atoms with Crippen LogP contribution in [-0.4, -0.2) is 21.1 Å². The van der Waals surface area contributed by atoms with E-state index < -0.39 is 0 Å². The van der Waals surface area contributed by atoms with Gasteiger partial charge in [0, 0.05) is 49.5 Å². The molecule has 0 bridgehead atoms. The molecule has 1 unspecified atom stereocenters. The summed E-state index contributed by atoms with van der Waals surface area (Å²) < 4.78 is 2.28. The highest BCUT2D eigenvalue weighted by Gasteiger charge is 2.18. The Kier molecular flexibility index (Phi) is 3.43. The fourth-order valence-electron chi connectivity index (χ4n) is 2.49.